The molecule has 2 aromatic rings. The average molecular weight is 308 g/mol. The van der Waals surface area contributed by atoms with Crippen LogP contribution in [0, 0.1) is 19.8 Å². The quantitative estimate of drug-likeness (QED) is 0.911. The molecule has 1 aliphatic rings. The van der Waals surface area contributed by atoms with E-state index in [0.717, 1.165) is 35.8 Å². The summed E-state index contributed by atoms with van der Waals surface area (Å²) in [6, 6.07) is 14.1. The van der Waals surface area contributed by atoms with Crippen LogP contribution in [-0.2, 0) is 0 Å². The Labute approximate surface area is 138 Å². The summed E-state index contributed by atoms with van der Waals surface area (Å²) in [5, 5.41) is 2.98. The van der Waals surface area contributed by atoms with Crippen LogP contribution in [-0.4, -0.2) is 19.0 Å². The zero-order chi connectivity index (χ0) is 16.4. The van der Waals surface area contributed by atoms with Crippen molar-refractivity contribution in [3.63, 3.8) is 0 Å². The standard InChI is InChI=1S/C20H24N2O/c1-14-8-9-22(13-14)19-6-4-18(5-7-19)21-20(23)17-11-15(2)10-16(3)12-17/h4-7,10-12,14H,8-9,13H2,1-3H3,(H,21,23). The van der Waals surface area contributed by atoms with Gasteiger partial charge in [0.25, 0.3) is 5.91 Å². The third-order valence-corrected chi connectivity index (χ3v) is 4.40. The molecule has 0 spiro atoms. The Morgan fingerprint density at radius 3 is 2.30 bits per heavy atom. The number of carbonyl (C=O) groups is 1. The minimum Gasteiger partial charge on any atom is -0.371 e. The lowest BCUT2D eigenvalue weighted by atomic mass is 10.1. The second-order valence-corrected chi connectivity index (χ2v) is 6.72. The highest BCUT2D eigenvalue weighted by Crippen LogP contribution is 2.25. The minimum atomic E-state index is -0.0562. The van der Waals surface area contributed by atoms with Crippen LogP contribution >= 0.6 is 0 Å². The van der Waals surface area contributed by atoms with Crippen LogP contribution in [0.2, 0.25) is 0 Å². The maximum atomic E-state index is 12.4. The van der Waals surface area contributed by atoms with Crippen molar-refractivity contribution in [3.8, 4) is 0 Å². The number of anilines is 2. The molecule has 2 aromatic carbocycles. The maximum absolute atomic E-state index is 12.4. The van der Waals surface area contributed by atoms with E-state index in [1.807, 2.05) is 38.1 Å². The summed E-state index contributed by atoms with van der Waals surface area (Å²) in [5.41, 5.74) is 4.99. The first-order valence-corrected chi connectivity index (χ1v) is 8.26. The lowest BCUT2D eigenvalue weighted by Gasteiger charge is -2.18. The van der Waals surface area contributed by atoms with Crippen molar-refractivity contribution < 1.29 is 4.79 Å². The van der Waals surface area contributed by atoms with Gasteiger partial charge in [-0.15, -0.1) is 0 Å². The molecule has 0 radical (unpaired) electrons. The van der Waals surface area contributed by atoms with Gasteiger partial charge in [0.2, 0.25) is 0 Å². The lowest BCUT2D eigenvalue weighted by Crippen LogP contribution is -2.19. The van der Waals surface area contributed by atoms with Crippen LogP contribution in [0.4, 0.5) is 11.4 Å². The molecule has 1 amide bonds. The third kappa shape index (κ3) is 3.73. The number of rotatable bonds is 3. The highest BCUT2D eigenvalue weighted by Gasteiger charge is 2.18. The molecule has 120 valence electrons. The molecule has 3 rings (SSSR count). The summed E-state index contributed by atoms with van der Waals surface area (Å²) in [5.74, 6) is 0.707. The lowest BCUT2D eigenvalue weighted by molar-refractivity contribution is 0.102. The van der Waals surface area contributed by atoms with Gasteiger partial charge in [-0.2, -0.15) is 0 Å². The van der Waals surface area contributed by atoms with E-state index in [1.54, 1.807) is 0 Å². The molecule has 3 nitrogen and oxygen atoms in total. The predicted octanol–water partition coefficient (Wildman–Crippen LogP) is 4.40. The van der Waals surface area contributed by atoms with E-state index in [0.29, 0.717) is 5.56 Å². The van der Waals surface area contributed by atoms with Gasteiger partial charge in [0, 0.05) is 30.0 Å². The van der Waals surface area contributed by atoms with Crippen molar-refractivity contribution in [3.05, 3.63) is 59.2 Å². The van der Waals surface area contributed by atoms with Crippen LogP contribution in [0.1, 0.15) is 34.8 Å². The van der Waals surface area contributed by atoms with Crippen molar-refractivity contribution in [1.29, 1.82) is 0 Å². The molecule has 1 heterocycles. The van der Waals surface area contributed by atoms with Gasteiger partial charge in [-0.1, -0.05) is 24.1 Å². The van der Waals surface area contributed by atoms with Crippen molar-refractivity contribution in [2.75, 3.05) is 23.3 Å². The number of benzene rings is 2. The van der Waals surface area contributed by atoms with Crippen molar-refractivity contribution in [2.45, 2.75) is 27.2 Å². The number of hydrogen-bond donors (Lipinski definition) is 1. The summed E-state index contributed by atoms with van der Waals surface area (Å²) in [7, 11) is 0. The van der Waals surface area contributed by atoms with Gasteiger partial charge in [0.05, 0.1) is 0 Å². The van der Waals surface area contributed by atoms with Crippen LogP contribution in [0.5, 0.6) is 0 Å². The van der Waals surface area contributed by atoms with Gasteiger partial charge in [0.1, 0.15) is 0 Å². The van der Waals surface area contributed by atoms with E-state index >= 15 is 0 Å². The molecular weight excluding hydrogens is 284 g/mol. The van der Waals surface area contributed by atoms with E-state index in [4.69, 9.17) is 0 Å². The van der Waals surface area contributed by atoms with E-state index < -0.39 is 0 Å². The van der Waals surface area contributed by atoms with Crippen molar-refractivity contribution in [1.82, 2.24) is 0 Å². The molecule has 1 unspecified atom stereocenters. The fourth-order valence-electron chi connectivity index (χ4n) is 3.23. The zero-order valence-corrected chi connectivity index (χ0v) is 14.1. The Morgan fingerprint density at radius 2 is 1.74 bits per heavy atom. The predicted molar refractivity (Wildman–Crippen MR) is 96.3 cm³/mol. The molecule has 0 aliphatic carbocycles. The second kappa shape index (κ2) is 6.45. The van der Waals surface area contributed by atoms with Crippen molar-refractivity contribution in [2.24, 2.45) is 5.92 Å². The summed E-state index contributed by atoms with van der Waals surface area (Å²) in [4.78, 5) is 14.8. The first-order chi connectivity index (χ1) is 11.0. The second-order valence-electron chi connectivity index (χ2n) is 6.72. The number of amides is 1. The Morgan fingerprint density at radius 1 is 1.09 bits per heavy atom. The van der Waals surface area contributed by atoms with Crippen LogP contribution in [0.25, 0.3) is 0 Å². The summed E-state index contributed by atoms with van der Waals surface area (Å²) >= 11 is 0. The van der Waals surface area contributed by atoms with Crippen molar-refractivity contribution >= 4 is 17.3 Å². The van der Waals surface area contributed by atoms with Gasteiger partial charge in [-0.3, -0.25) is 4.79 Å². The van der Waals surface area contributed by atoms with Crippen LogP contribution in [0.3, 0.4) is 0 Å². The maximum Gasteiger partial charge on any atom is 0.255 e. The normalized spacial score (nSPS) is 17.3. The fourth-order valence-corrected chi connectivity index (χ4v) is 3.23. The van der Waals surface area contributed by atoms with Gasteiger partial charge >= 0.3 is 0 Å². The molecular formula is C20H24N2O. The largest absolute Gasteiger partial charge is 0.371 e. The summed E-state index contributed by atoms with van der Waals surface area (Å²) < 4.78 is 0. The van der Waals surface area contributed by atoms with Gasteiger partial charge in [0.15, 0.2) is 0 Å². The van der Waals surface area contributed by atoms with Crippen LogP contribution in [0.15, 0.2) is 42.5 Å². The average Bonchev–Trinajstić information content (AvgIpc) is 2.93. The summed E-state index contributed by atoms with van der Waals surface area (Å²) in [6.07, 6.45) is 1.26. The Kier molecular flexibility index (Phi) is 4.37. The fraction of sp³-hybridized carbons (Fsp3) is 0.350. The molecule has 1 atom stereocenters. The molecule has 1 N–H and O–H groups in total. The Bertz CT molecular complexity index is 686. The van der Waals surface area contributed by atoms with E-state index in [-0.39, 0.29) is 5.91 Å². The molecule has 1 fully saturated rings. The highest BCUT2D eigenvalue weighted by atomic mass is 16.1. The van der Waals surface area contributed by atoms with Gasteiger partial charge in [-0.25, -0.2) is 0 Å². The molecule has 0 aromatic heterocycles. The Balaban J connectivity index is 1.69. The number of aryl methyl sites for hydroxylation is 2. The summed E-state index contributed by atoms with van der Waals surface area (Å²) in [6.45, 7) is 8.55. The molecule has 23 heavy (non-hydrogen) atoms. The first-order valence-electron chi connectivity index (χ1n) is 8.26. The monoisotopic (exact) mass is 308 g/mol. The smallest absolute Gasteiger partial charge is 0.255 e. The Hall–Kier alpha value is -2.29. The van der Waals surface area contributed by atoms with E-state index in [9.17, 15) is 4.79 Å². The van der Waals surface area contributed by atoms with Gasteiger partial charge in [-0.05, 0) is 62.6 Å². The number of nitrogens with zero attached hydrogens (tertiary/aromatic N) is 1. The molecule has 0 saturated carbocycles. The molecule has 1 aliphatic heterocycles. The molecule has 1 saturated heterocycles. The minimum absolute atomic E-state index is 0.0562. The number of carbonyl (C=O) groups excluding carboxylic acids is 1. The third-order valence-electron chi connectivity index (χ3n) is 4.40. The number of nitrogens with one attached hydrogen (secondary N) is 1. The molecule has 0 bridgehead atoms. The topological polar surface area (TPSA) is 32.3 Å². The van der Waals surface area contributed by atoms with Gasteiger partial charge < -0.3 is 10.2 Å². The van der Waals surface area contributed by atoms with E-state index in [1.165, 1.54) is 12.1 Å². The van der Waals surface area contributed by atoms with Crippen LogP contribution < -0.4 is 10.2 Å². The highest BCUT2D eigenvalue weighted by molar-refractivity contribution is 6.04. The van der Waals surface area contributed by atoms with E-state index in [2.05, 4.69) is 35.3 Å². The first kappa shape index (κ1) is 15.6. The SMILES string of the molecule is Cc1cc(C)cc(C(=O)Nc2ccc(N3CCC(C)C3)cc2)c1. The number of hydrogen-bond acceptors (Lipinski definition) is 2. The zero-order valence-electron chi connectivity index (χ0n) is 14.1. The molecule has 3 heteroatoms.